The summed E-state index contributed by atoms with van der Waals surface area (Å²) >= 11 is 0. The van der Waals surface area contributed by atoms with Gasteiger partial charge in [0.15, 0.2) is 0 Å². The molecule has 0 unspecified atom stereocenters. The van der Waals surface area contributed by atoms with Crippen molar-refractivity contribution in [3.8, 4) is 6.07 Å². The maximum Gasteiger partial charge on any atom is 0.0996 e. The van der Waals surface area contributed by atoms with E-state index in [1.807, 2.05) is 6.07 Å². The van der Waals surface area contributed by atoms with Gasteiger partial charge < -0.3 is 10.1 Å². The second-order valence-electron chi connectivity index (χ2n) is 2.70. The van der Waals surface area contributed by atoms with Crippen LogP contribution in [0.5, 0.6) is 0 Å². The molecular weight excluding hydrogens is 166 g/mol. The minimum atomic E-state index is -0.127. The van der Waals surface area contributed by atoms with Crippen LogP contribution in [0.2, 0.25) is 0 Å². The summed E-state index contributed by atoms with van der Waals surface area (Å²) in [5, 5.41) is 17.7. The van der Waals surface area contributed by atoms with Gasteiger partial charge in [-0.2, -0.15) is 5.26 Å². The molecule has 1 aromatic heterocycles. The molecule has 2 rings (SSSR count). The van der Waals surface area contributed by atoms with Crippen molar-refractivity contribution in [2.24, 2.45) is 0 Å². The van der Waals surface area contributed by atoms with Crippen LogP contribution in [0.4, 0.5) is 0 Å². The van der Waals surface area contributed by atoms with Gasteiger partial charge in [0.05, 0.1) is 35.6 Å². The van der Waals surface area contributed by atoms with E-state index in [2.05, 4.69) is 9.97 Å². The van der Waals surface area contributed by atoms with Gasteiger partial charge in [-0.3, -0.25) is 0 Å². The van der Waals surface area contributed by atoms with Crippen molar-refractivity contribution >= 4 is 11.0 Å². The third kappa shape index (κ3) is 1.15. The number of nitriles is 1. The zero-order valence-corrected chi connectivity index (χ0v) is 6.78. The Morgan fingerprint density at radius 3 is 3.08 bits per heavy atom. The van der Waals surface area contributed by atoms with E-state index in [1.165, 1.54) is 0 Å². The van der Waals surface area contributed by atoms with Gasteiger partial charge in [0.2, 0.25) is 0 Å². The Labute approximate surface area is 74.5 Å². The number of hydrogen-bond donors (Lipinski definition) is 2. The number of hydrogen-bond acceptors (Lipinski definition) is 3. The normalized spacial score (nSPS) is 10.2. The topological polar surface area (TPSA) is 72.7 Å². The van der Waals surface area contributed by atoms with Gasteiger partial charge in [-0.15, -0.1) is 0 Å². The van der Waals surface area contributed by atoms with Gasteiger partial charge in [-0.1, -0.05) is 0 Å². The van der Waals surface area contributed by atoms with Gasteiger partial charge in [0.25, 0.3) is 0 Å². The van der Waals surface area contributed by atoms with Crippen LogP contribution in [0.15, 0.2) is 18.5 Å². The van der Waals surface area contributed by atoms with E-state index < -0.39 is 0 Å². The summed E-state index contributed by atoms with van der Waals surface area (Å²) in [5.41, 5.74) is 2.68. The highest BCUT2D eigenvalue weighted by Gasteiger charge is 2.04. The summed E-state index contributed by atoms with van der Waals surface area (Å²) in [4.78, 5) is 6.93. The molecule has 0 radical (unpaired) electrons. The summed E-state index contributed by atoms with van der Waals surface area (Å²) < 4.78 is 0. The molecule has 0 spiro atoms. The Kier molecular flexibility index (Phi) is 1.72. The van der Waals surface area contributed by atoms with Gasteiger partial charge in [-0.05, 0) is 17.7 Å². The molecule has 0 bridgehead atoms. The van der Waals surface area contributed by atoms with E-state index in [1.54, 1.807) is 18.5 Å². The molecule has 0 aliphatic heterocycles. The fourth-order valence-electron chi connectivity index (χ4n) is 1.26. The molecule has 0 aliphatic rings. The van der Waals surface area contributed by atoms with Crippen molar-refractivity contribution in [1.29, 1.82) is 5.26 Å². The number of imidazole rings is 1. The Balaban J connectivity index is 2.76. The number of nitrogens with zero attached hydrogens (tertiary/aromatic N) is 2. The van der Waals surface area contributed by atoms with Crippen molar-refractivity contribution in [1.82, 2.24) is 9.97 Å². The van der Waals surface area contributed by atoms with E-state index in [-0.39, 0.29) is 6.61 Å². The van der Waals surface area contributed by atoms with Gasteiger partial charge in [0.1, 0.15) is 0 Å². The molecule has 64 valence electrons. The predicted octanol–water partition coefficient (Wildman–Crippen LogP) is 0.927. The van der Waals surface area contributed by atoms with Crippen LogP contribution >= 0.6 is 0 Å². The summed E-state index contributed by atoms with van der Waals surface area (Å²) in [6, 6.07) is 5.42. The van der Waals surface area contributed by atoms with Crippen molar-refractivity contribution in [3.63, 3.8) is 0 Å². The minimum Gasteiger partial charge on any atom is -0.392 e. The first-order valence-electron chi connectivity index (χ1n) is 3.82. The van der Waals surface area contributed by atoms with Crippen molar-refractivity contribution in [2.75, 3.05) is 0 Å². The van der Waals surface area contributed by atoms with E-state index >= 15 is 0 Å². The summed E-state index contributed by atoms with van der Waals surface area (Å²) in [6.45, 7) is -0.127. The lowest BCUT2D eigenvalue weighted by Gasteiger charge is -1.98. The molecular formula is C9H7N3O. The second kappa shape index (κ2) is 2.88. The molecule has 0 fully saturated rings. The van der Waals surface area contributed by atoms with E-state index in [0.29, 0.717) is 11.1 Å². The smallest absolute Gasteiger partial charge is 0.0996 e. The predicted molar refractivity (Wildman–Crippen MR) is 46.7 cm³/mol. The van der Waals surface area contributed by atoms with E-state index in [4.69, 9.17) is 10.4 Å². The van der Waals surface area contributed by atoms with Crippen LogP contribution < -0.4 is 0 Å². The van der Waals surface area contributed by atoms with Crippen molar-refractivity contribution in [3.05, 3.63) is 29.6 Å². The molecule has 2 aromatic rings. The highest BCUT2D eigenvalue weighted by Crippen LogP contribution is 2.16. The summed E-state index contributed by atoms with van der Waals surface area (Å²) in [7, 11) is 0. The second-order valence-corrected chi connectivity index (χ2v) is 2.70. The number of aliphatic hydroxyl groups excluding tert-OH is 1. The quantitative estimate of drug-likeness (QED) is 0.673. The van der Waals surface area contributed by atoms with Crippen LogP contribution in [-0.4, -0.2) is 15.1 Å². The van der Waals surface area contributed by atoms with Crippen LogP contribution in [0.25, 0.3) is 11.0 Å². The Hall–Kier alpha value is -1.86. The highest BCUT2D eigenvalue weighted by molar-refractivity contribution is 5.77. The summed E-state index contributed by atoms with van der Waals surface area (Å²) in [5.74, 6) is 0. The lowest BCUT2D eigenvalue weighted by atomic mass is 10.1. The highest BCUT2D eigenvalue weighted by atomic mass is 16.3. The lowest BCUT2D eigenvalue weighted by Crippen LogP contribution is -1.89. The molecule has 0 saturated carbocycles. The maximum absolute atomic E-state index is 8.96. The molecule has 2 N–H and O–H groups in total. The monoisotopic (exact) mass is 173 g/mol. The van der Waals surface area contributed by atoms with Crippen LogP contribution in [0.1, 0.15) is 11.1 Å². The largest absolute Gasteiger partial charge is 0.392 e. The molecule has 4 heteroatoms. The Bertz CT molecular complexity index is 481. The standard InChI is InChI=1S/C9H7N3O/c10-3-6-1-8-9(12-5-11-8)2-7(6)4-13/h1-2,5,13H,4H2,(H,11,12). The summed E-state index contributed by atoms with van der Waals surface area (Å²) in [6.07, 6.45) is 1.56. The van der Waals surface area contributed by atoms with Crippen LogP contribution in [0, 0.1) is 11.3 Å². The first kappa shape index (κ1) is 7.77. The molecule has 1 aromatic carbocycles. The van der Waals surface area contributed by atoms with Gasteiger partial charge in [0, 0.05) is 0 Å². The number of benzene rings is 1. The molecule has 13 heavy (non-hydrogen) atoms. The Morgan fingerprint density at radius 1 is 1.54 bits per heavy atom. The zero-order valence-electron chi connectivity index (χ0n) is 6.78. The third-order valence-electron chi connectivity index (χ3n) is 1.94. The number of aliphatic hydroxyl groups is 1. The van der Waals surface area contributed by atoms with Crippen LogP contribution in [0.3, 0.4) is 0 Å². The third-order valence-corrected chi connectivity index (χ3v) is 1.94. The van der Waals surface area contributed by atoms with Crippen molar-refractivity contribution < 1.29 is 5.11 Å². The first-order chi connectivity index (χ1) is 6.35. The number of rotatable bonds is 1. The van der Waals surface area contributed by atoms with E-state index in [0.717, 1.165) is 11.0 Å². The van der Waals surface area contributed by atoms with E-state index in [9.17, 15) is 0 Å². The molecule has 1 heterocycles. The number of aromatic nitrogens is 2. The number of aromatic amines is 1. The zero-order chi connectivity index (χ0) is 9.26. The van der Waals surface area contributed by atoms with Gasteiger partial charge in [-0.25, -0.2) is 4.98 Å². The number of fused-ring (bicyclic) bond motifs is 1. The molecule has 0 saturated heterocycles. The molecule has 0 atom stereocenters. The molecule has 0 aliphatic carbocycles. The molecule has 4 nitrogen and oxygen atoms in total. The fourth-order valence-corrected chi connectivity index (χ4v) is 1.26. The minimum absolute atomic E-state index is 0.127. The van der Waals surface area contributed by atoms with Crippen LogP contribution in [-0.2, 0) is 6.61 Å². The molecule has 0 amide bonds. The first-order valence-corrected chi connectivity index (χ1v) is 3.82. The number of H-pyrrole nitrogens is 1. The average molecular weight is 173 g/mol. The van der Waals surface area contributed by atoms with Crippen molar-refractivity contribution in [2.45, 2.75) is 6.61 Å². The Morgan fingerprint density at radius 2 is 2.38 bits per heavy atom. The maximum atomic E-state index is 8.96. The SMILES string of the molecule is N#Cc1cc2nc[nH]c2cc1CO. The average Bonchev–Trinajstić information content (AvgIpc) is 2.62. The lowest BCUT2D eigenvalue weighted by molar-refractivity contribution is 0.281. The fraction of sp³-hybridized carbons (Fsp3) is 0.111. The number of nitrogens with one attached hydrogen (secondary N) is 1. The van der Waals surface area contributed by atoms with Gasteiger partial charge >= 0.3 is 0 Å².